The molecule has 28 heavy (non-hydrogen) atoms. The number of halogens is 1. The smallest absolute Gasteiger partial charge is 0.258 e. The van der Waals surface area contributed by atoms with Crippen molar-refractivity contribution in [1.29, 1.82) is 0 Å². The van der Waals surface area contributed by atoms with Crippen molar-refractivity contribution in [3.05, 3.63) is 64.2 Å². The van der Waals surface area contributed by atoms with Crippen molar-refractivity contribution < 1.29 is 14.3 Å². The zero-order valence-corrected chi connectivity index (χ0v) is 17.4. The lowest BCUT2D eigenvalue weighted by Crippen LogP contribution is -2.35. The van der Waals surface area contributed by atoms with Crippen LogP contribution in [-0.2, 0) is 4.79 Å². The van der Waals surface area contributed by atoms with E-state index >= 15 is 0 Å². The number of amides is 2. The van der Waals surface area contributed by atoms with Gasteiger partial charge in [-0.2, -0.15) is 0 Å². The number of nitrogens with two attached hydrogens (primary N) is 1. The van der Waals surface area contributed by atoms with Gasteiger partial charge >= 0.3 is 0 Å². The molecule has 6 heteroatoms. The second-order valence-corrected chi connectivity index (χ2v) is 7.84. The molecule has 0 aliphatic rings. The normalized spacial score (nSPS) is 12.1. The lowest BCUT2D eigenvalue weighted by molar-refractivity contribution is -0.124. The van der Waals surface area contributed by atoms with Gasteiger partial charge < -0.3 is 15.8 Å². The minimum atomic E-state index is -0.664. The average Bonchev–Trinajstić information content (AvgIpc) is 2.64. The van der Waals surface area contributed by atoms with E-state index in [0.717, 1.165) is 5.56 Å². The Hall–Kier alpha value is -2.53. The van der Waals surface area contributed by atoms with Crippen molar-refractivity contribution in [1.82, 2.24) is 5.32 Å². The molecule has 2 aromatic carbocycles. The number of primary amides is 1. The predicted octanol–water partition coefficient (Wildman–Crippen LogP) is 4.45. The Bertz CT molecular complexity index is 832. The maximum absolute atomic E-state index is 12.4. The van der Waals surface area contributed by atoms with Gasteiger partial charge in [-0.05, 0) is 41.2 Å². The van der Waals surface area contributed by atoms with Crippen LogP contribution >= 0.6 is 11.6 Å². The van der Waals surface area contributed by atoms with Gasteiger partial charge in [0.15, 0.2) is 6.61 Å². The highest BCUT2D eigenvalue weighted by molar-refractivity contribution is 6.31. The van der Waals surface area contributed by atoms with Crippen molar-refractivity contribution >= 4 is 23.4 Å². The monoisotopic (exact) mass is 402 g/mol. The zero-order valence-electron chi connectivity index (χ0n) is 16.7. The van der Waals surface area contributed by atoms with Crippen LogP contribution in [0.4, 0.5) is 0 Å². The van der Waals surface area contributed by atoms with Crippen LogP contribution in [-0.4, -0.2) is 18.4 Å². The molecule has 2 aromatic rings. The van der Waals surface area contributed by atoms with E-state index in [1.165, 1.54) is 17.7 Å². The number of ether oxygens (including phenoxy) is 1. The topological polar surface area (TPSA) is 81.4 Å². The molecule has 0 radical (unpaired) electrons. The third-order valence-electron chi connectivity index (χ3n) is 4.51. The second kappa shape index (κ2) is 9.60. The molecule has 0 unspecified atom stereocenters. The molecule has 0 aromatic heterocycles. The Morgan fingerprint density at radius 1 is 1.04 bits per heavy atom. The van der Waals surface area contributed by atoms with Gasteiger partial charge in [0.1, 0.15) is 5.75 Å². The molecule has 0 aliphatic heterocycles. The van der Waals surface area contributed by atoms with E-state index in [-0.39, 0.29) is 35.8 Å². The number of hydrogen-bond acceptors (Lipinski definition) is 3. The van der Waals surface area contributed by atoms with Crippen molar-refractivity contribution in [2.75, 3.05) is 6.61 Å². The zero-order chi connectivity index (χ0) is 20.8. The van der Waals surface area contributed by atoms with Crippen LogP contribution < -0.4 is 15.8 Å². The van der Waals surface area contributed by atoms with Crippen molar-refractivity contribution in [3.63, 3.8) is 0 Å². The summed E-state index contributed by atoms with van der Waals surface area (Å²) in [7, 11) is 0. The van der Waals surface area contributed by atoms with E-state index in [9.17, 15) is 9.59 Å². The lowest BCUT2D eigenvalue weighted by atomic mass is 9.93. The van der Waals surface area contributed by atoms with Crippen molar-refractivity contribution in [2.24, 2.45) is 11.7 Å². The number of benzene rings is 2. The molecule has 0 saturated heterocycles. The highest BCUT2D eigenvalue weighted by Gasteiger charge is 2.19. The minimum Gasteiger partial charge on any atom is -0.483 e. The number of nitrogens with one attached hydrogen (secondary N) is 1. The van der Waals surface area contributed by atoms with Crippen LogP contribution in [0.3, 0.4) is 0 Å². The van der Waals surface area contributed by atoms with Gasteiger partial charge in [0, 0.05) is 5.02 Å². The van der Waals surface area contributed by atoms with Gasteiger partial charge in [0.2, 0.25) is 0 Å². The van der Waals surface area contributed by atoms with Gasteiger partial charge in [0.25, 0.3) is 11.8 Å². The SMILES string of the molecule is CC(C)c1ccc([C@H](NC(=O)COc2ccc(Cl)cc2C(N)=O)C(C)C)cc1. The van der Waals surface area contributed by atoms with E-state index in [0.29, 0.717) is 10.9 Å². The molecule has 1 atom stereocenters. The molecule has 150 valence electrons. The highest BCUT2D eigenvalue weighted by atomic mass is 35.5. The third-order valence-corrected chi connectivity index (χ3v) is 4.75. The first-order valence-corrected chi connectivity index (χ1v) is 9.68. The van der Waals surface area contributed by atoms with E-state index in [1.54, 1.807) is 6.07 Å². The molecule has 0 aliphatic carbocycles. The number of carbonyl (C=O) groups excluding carboxylic acids is 2. The summed E-state index contributed by atoms with van der Waals surface area (Å²) in [4.78, 5) is 24.0. The highest BCUT2D eigenvalue weighted by Crippen LogP contribution is 2.25. The van der Waals surface area contributed by atoms with E-state index < -0.39 is 5.91 Å². The Balaban J connectivity index is 2.06. The quantitative estimate of drug-likeness (QED) is 0.684. The molecule has 0 spiro atoms. The molecule has 2 rings (SSSR count). The maximum Gasteiger partial charge on any atom is 0.258 e. The molecule has 3 N–H and O–H groups in total. The third kappa shape index (κ3) is 5.73. The predicted molar refractivity (Wildman–Crippen MR) is 112 cm³/mol. The maximum atomic E-state index is 12.4. The summed E-state index contributed by atoms with van der Waals surface area (Å²) < 4.78 is 5.51. The Morgan fingerprint density at radius 2 is 1.64 bits per heavy atom. The van der Waals surface area contributed by atoms with Crippen LogP contribution in [0.15, 0.2) is 42.5 Å². The summed E-state index contributed by atoms with van der Waals surface area (Å²) >= 11 is 5.88. The molecule has 5 nitrogen and oxygen atoms in total. The first kappa shape index (κ1) is 21.8. The van der Waals surface area contributed by atoms with Crippen molar-refractivity contribution in [2.45, 2.75) is 39.7 Å². The van der Waals surface area contributed by atoms with Crippen LogP contribution in [0.2, 0.25) is 5.02 Å². The summed E-state index contributed by atoms with van der Waals surface area (Å²) in [6.45, 7) is 8.16. The first-order valence-electron chi connectivity index (χ1n) is 9.30. The van der Waals surface area contributed by atoms with Crippen LogP contribution in [0.25, 0.3) is 0 Å². The summed E-state index contributed by atoms with van der Waals surface area (Å²) in [6, 6.07) is 12.7. The van der Waals surface area contributed by atoms with Crippen LogP contribution in [0.5, 0.6) is 5.75 Å². The summed E-state index contributed by atoms with van der Waals surface area (Å²) in [5.41, 5.74) is 7.78. The first-order chi connectivity index (χ1) is 13.2. The minimum absolute atomic E-state index is 0.141. The fourth-order valence-electron chi connectivity index (χ4n) is 2.90. The van der Waals surface area contributed by atoms with Crippen LogP contribution in [0, 0.1) is 5.92 Å². The largest absolute Gasteiger partial charge is 0.483 e. The molecule has 2 amide bonds. The number of carbonyl (C=O) groups is 2. The molecule has 0 bridgehead atoms. The van der Waals surface area contributed by atoms with Gasteiger partial charge in [-0.15, -0.1) is 0 Å². The van der Waals surface area contributed by atoms with E-state index in [4.69, 9.17) is 22.1 Å². The van der Waals surface area contributed by atoms with Crippen LogP contribution in [0.1, 0.15) is 61.1 Å². The summed E-state index contributed by atoms with van der Waals surface area (Å²) in [5.74, 6) is -0.0615. The summed E-state index contributed by atoms with van der Waals surface area (Å²) in [5, 5.41) is 3.38. The fourth-order valence-corrected chi connectivity index (χ4v) is 3.07. The summed E-state index contributed by atoms with van der Waals surface area (Å²) in [6.07, 6.45) is 0. The average molecular weight is 403 g/mol. The Morgan fingerprint density at radius 3 is 2.18 bits per heavy atom. The molecule has 0 fully saturated rings. The molecule has 0 saturated carbocycles. The van der Waals surface area contributed by atoms with Gasteiger partial charge in [0.05, 0.1) is 11.6 Å². The Kier molecular flexibility index (Phi) is 7.46. The van der Waals surface area contributed by atoms with E-state index in [1.807, 2.05) is 26.0 Å². The fraction of sp³-hybridized carbons (Fsp3) is 0.364. The van der Waals surface area contributed by atoms with Gasteiger partial charge in [-0.1, -0.05) is 63.6 Å². The lowest BCUT2D eigenvalue weighted by Gasteiger charge is -2.23. The van der Waals surface area contributed by atoms with Crippen molar-refractivity contribution in [3.8, 4) is 5.75 Å². The standard InChI is InChI=1S/C22H27ClN2O3/c1-13(2)15-5-7-16(8-6-15)21(14(3)4)25-20(26)12-28-19-10-9-17(23)11-18(19)22(24)27/h5-11,13-14,21H,12H2,1-4H3,(H2,24,27)(H,25,26)/t21-/m1/s1. The molecule has 0 heterocycles. The number of rotatable bonds is 8. The molecular weight excluding hydrogens is 376 g/mol. The van der Waals surface area contributed by atoms with Gasteiger partial charge in [-0.25, -0.2) is 0 Å². The number of hydrogen-bond donors (Lipinski definition) is 2. The van der Waals surface area contributed by atoms with E-state index in [2.05, 4.69) is 31.3 Å². The Labute approximate surface area is 171 Å². The molecular formula is C22H27ClN2O3. The van der Waals surface area contributed by atoms with Gasteiger partial charge in [-0.3, -0.25) is 9.59 Å². The second-order valence-electron chi connectivity index (χ2n) is 7.40.